The van der Waals surface area contributed by atoms with Gasteiger partial charge in [-0.1, -0.05) is 24.3 Å². The third-order valence-electron chi connectivity index (χ3n) is 7.39. The molecule has 0 unspecified atom stereocenters. The maximum absolute atomic E-state index is 13.5. The van der Waals surface area contributed by atoms with Gasteiger partial charge in [-0.15, -0.1) is 0 Å². The van der Waals surface area contributed by atoms with E-state index in [0.717, 1.165) is 12.8 Å². The molecule has 2 aromatic rings. The number of hydrogen-bond donors (Lipinski definition) is 1. The van der Waals surface area contributed by atoms with Crippen LogP contribution in [0.25, 0.3) is 0 Å². The highest BCUT2D eigenvalue weighted by molar-refractivity contribution is 7.03. The zero-order valence-electron chi connectivity index (χ0n) is 19.6. The van der Waals surface area contributed by atoms with Crippen LogP contribution in [-0.2, 0) is 19.4 Å². The maximum atomic E-state index is 13.5. The lowest BCUT2D eigenvalue weighted by Crippen LogP contribution is -2.45. The van der Waals surface area contributed by atoms with Gasteiger partial charge < -0.3 is 15.0 Å². The average Bonchev–Trinajstić information content (AvgIpc) is 3.39. The van der Waals surface area contributed by atoms with Crippen molar-refractivity contribution in [1.29, 1.82) is 0 Å². The van der Waals surface area contributed by atoms with Crippen molar-refractivity contribution in [2.24, 2.45) is 11.8 Å². The van der Waals surface area contributed by atoms with Gasteiger partial charge in [-0.05, 0) is 72.7 Å². The number of carbonyl (C=O) groups is 3. The number of amides is 2. The number of likely N-dealkylation sites (tertiary alicyclic amines) is 1. The van der Waals surface area contributed by atoms with Gasteiger partial charge in [-0.2, -0.15) is 4.37 Å². The number of benzene rings is 1. The van der Waals surface area contributed by atoms with E-state index in [1.165, 1.54) is 29.9 Å². The molecule has 3 fully saturated rings. The Bertz CT molecular complexity index is 1050. The highest BCUT2D eigenvalue weighted by Gasteiger charge is 2.36. The molecule has 35 heavy (non-hydrogen) atoms. The fraction of sp³-hybridized carbons (Fsp3) is 0.538. The van der Waals surface area contributed by atoms with Crippen molar-refractivity contribution in [3.05, 3.63) is 52.5 Å². The first kappa shape index (κ1) is 23.9. The van der Waals surface area contributed by atoms with Gasteiger partial charge in [0.05, 0.1) is 18.4 Å². The fourth-order valence-corrected chi connectivity index (χ4v) is 5.62. The molecule has 0 spiro atoms. The second-order valence-corrected chi connectivity index (χ2v) is 10.6. The van der Waals surface area contributed by atoms with E-state index < -0.39 is 12.1 Å². The quantitative estimate of drug-likeness (QED) is 0.563. The van der Waals surface area contributed by atoms with Gasteiger partial charge in [0.15, 0.2) is 0 Å². The molecule has 5 rings (SSSR count). The SMILES string of the molecule is [O][C@H](c1ccc(C2CC2)cc1)[C@H](CC1CCN(C(=O)[C@H]2COC(=O)C2)CC1)NC(=O)c1ccsn1. The van der Waals surface area contributed by atoms with Crippen LogP contribution in [0.5, 0.6) is 0 Å². The number of esters is 1. The second-order valence-electron chi connectivity index (χ2n) is 9.91. The molecule has 3 atom stereocenters. The first-order chi connectivity index (χ1) is 17.0. The lowest BCUT2D eigenvalue weighted by atomic mass is 9.86. The monoisotopic (exact) mass is 496 g/mol. The van der Waals surface area contributed by atoms with Crippen molar-refractivity contribution in [3.8, 4) is 0 Å². The number of aromatic nitrogens is 1. The molecule has 2 amide bonds. The predicted octanol–water partition coefficient (Wildman–Crippen LogP) is 3.48. The molecular weight excluding hydrogens is 466 g/mol. The third-order valence-corrected chi connectivity index (χ3v) is 7.95. The summed E-state index contributed by atoms with van der Waals surface area (Å²) >= 11 is 1.20. The number of hydrogen-bond acceptors (Lipinski definition) is 6. The van der Waals surface area contributed by atoms with Crippen LogP contribution in [0.3, 0.4) is 0 Å². The summed E-state index contributed by atoms with van der Waals surface area (Å²) in [5.74, 6) is -0.220. The van der Waals surface area contributed by atoms with Crippen LogP contribution >= 0.6 is 11.5 Å². The zero-order chi connectivity index (χ0) is 24.4. The Balaban J connectivity index is 1.23. The van der Waals surface area contributed by atoms with Gasteiger partial charge in [0.25, 0.3) is 5.91 Å². The topological polar surface area (TPSA) is 108 Å². The Morgan fingerprint density at radius 2 is 1.86 bits per heavy atom. The minimum Gasteiger partial charge on any atom is -0.465 e. The minimum atomic E-state index is -1.09. The van der Waals surface area contributed by atoms with Crippen molar-refractivity contribution >= 4 is 29.3 Å². The summed E-state index contributed by atoms with van der Waals surface area (Å²) in [6.45, 7) is 1.33. The first-order valence-electron chi connectivity index (χ1n) is 12.4. The normalized spacial score (nSPS) is 22.5. The molecule has 2 aliphatic heterocycles. The maximum Gasteiger partial charge on any atom is 0.306 e. The Labute approximate surface area is 208 Å². The lowest BCUT2D eigenvalue weighted by Gasteiger charge is -2.35. The van der Waals surface area contributed by atoms with Gasteiger partial charge in [0.2, 0.25) is 5.91 Å². The van der Waals surface area contributed by atoms with Gasteiger partial charge in [-0.3, -0.25) is 14.4 Å². The van der Waals surface area contributed by atoms with E-state index in [-0.39, 0.29) is 42.6 Å². The fourth-order valence-electron chi connectivity index (χ4n) is 5.11. The summed E-state index contributed by atoms with van der Waals surface area (Å²) in [5, 5.41) is 18.2. The van der Waals surface area contributed by atoms with Crippen molar-refractivity contribution < 1.29 is 24.2 Å². The van der Waals surface area contributed by atoms with Crippen LogP contribution in [0.1, 0.15) is 72.2 Å². The van der Waals surface area contributed by atoms with Crippen LogP contribution in [0.2, 0.25) is 0 Å². The minimum absolute atomic E-state index is 0.0276. The summed E-state index contributed by atoms with van der Waals surface area (Å²) in [5.41, 5.74) is 2.27. The molecule has 1 radical (unpaired) electrons. The molecule has 9 heteroatoms. The Morgan fingerprint density at radius 1 is 1.11 bits per heavy atom. The Morgan fingerprint density at radius 3 is 2.46 bits per heavy atom. The molecule has 1 aromatic carbocycles. The second kappa shape index (κ2) is 10.5. The van der Waals surface area contributed by atoms with E-state index in [4.69, 9.17) is 4.74 Å². The molecule has 1 saturated carbocycles. The highest BCUT2D eigenvalue weighted by atomic mass is 32.1. The Kier molecular flexibility index (Phi) is 7.15. The summed E-state index contributed by atoms with van der Waals surface area (Å²) in [7, 11) is 0. The number of carbonyl (C=O) groups excluding carboxylic acids is 3. The van der Waals surface area contributed by atoms with E-state index in [2.05, 4.69) is 9.69 Å². The number of ether oxygens (including phenoxy) is 1. The van der Waals surface area contributed by atoms with Crippen LogP contribution in [0.15, 0.2) is 35.7 Å². The smallest absolute Gasteiger partial charge is 0.306 e. The van der Waals surface area contributed by atoms with E-state index in [0.29, 0.717) is 36.7 Å². The molecule has 1 aromatic heterocycles. The van der Waals surface area contributed by atoms with E-state index >= 15 is 0 Å². The molecule has 8 nitrogen and oxygen atoms in total. The molecule has 3 heterocycles. The van der Waals surface area contributed by atoms with Crippen LogP contribution in [0.4, 0.5) is 0 Å². The summed E-state index contributed by atoms with van der Waals surface area (Å²) < 4.78 is 9.05. The average molecular weight is 497 g/mol. The summed E-state index contributed by atoms with van der Waals surface area (Å²) in [6.07, 6.45) is 3.53. The third kappa shape index (κ3) is 5.73. The largest absolute Gasteiger partial charge is 0.465 e. The van der Waals surface area contributed by atoms with Crippen molar-refractivity contribution in [3.63, 3.8) is 0 Å². The molecular formula is C26H30N3O5S. The lowest BCUT2D eigenvalue weighted by molar-refractivity contribution is -0.138. The van der Waals surface area contributed by atoms with Crippen molar-refractivity contribution in [2.75, 3.05) is 19.7 Å². The van der Waals surface area contributed by atoms with Gasteiger partial charge >= 0.3 is 5.97 Å². The van der Waals surface area contributed by atoms with Crippen molar-refractivity contribution in [1.82, 2.24) is 14.6 Å². The van der Waals surface area contributed by atoms with Gasteiger partial charge in [0, 0.05) is 18.5 Å². The standard InChI is InChI=1S/C26H30N3O5S/c30-23-14-20(15-34-23)26(33)29-10-7-16(8-11-29)13-22(27-25(32)21-9-12-35-28-21)24(31)19-5-3-18(4-6-19)17-1-2-17/h3-6,9,12,16-17,20,22,24H,1-2,7-8,10-11,13-15H2,(H,27,32)/t20-,22+,24-/m1/s1. The van der Waals surface area contributed by atoms with E-state index in [1.807, 2.05) is 24.3 Å². The first-order valence-corrected chi connectivity index (χ1v) is 13.2. The molecule has 1 N–H and O–H groups in total. The zero-order valence-corrected chi connectivity index (χ0v) is 20.4. The summed E-state index contributed by atoms with van der Waals surface area (Å²) in [6, 6.07) is 8.96. The van der Waals surface area contributed by atoms with Crippen LogP contribution < -0.4 is 5.32 Å². The van der Waals surface area contributed by atoms with E-state index in [9.17, 15) is 19.5 Å². The van der Waals surface area contributed by atoms with Crippen molar-refractivity contribution in [2.45, 2.75) is 56.6 Å². The number of nitrogens with zero attached hydrogens (tertiary/aromatic N) is 2. The molecule has 2 saturated heterocycles. The number of nitrogens with one attached hydrogen (secondary N) is 1. The molecule has 3 aliphatic rings. The molecule has 0 bridgehead atoms. The van der Waals surface area contributed by atoms with Gasteiger partial charge in [-0.25, -0.2) is 5.11 Å². The highest BCUT2D eigenvalue weighted by Crippen LogP contribution is 2.40. The molecule has 185 valence electrons. The number of piperidine rings is 1. The molecule has 1 aliphatic carbocycles. The van der Waals surface area contributed by atoms with Crippen LogP contribution in [0, 0.1) is 11.8 Å². The van der Waals surface area contributed by atoms with E-state index in [1.54, 1.807) is 16.3 Å². The van der Waals surface area contributed by atoms with Crippen LogP contribution in [-0.4, -0.2) is 52.8 Å². The summed E-state index contributed by atoms with van der Waals surface area (Å²) in [4.78, 5) is 38.6. The number of rotatable bonds is 8. The Hall–Kier alpha value is -2.78. The number of cyclic esters (lactones) is 1. The predicted molar refractivity (Wildman–Crippen MR) is 128 cm³/mol. The van der Waals surface area contributed by atoms with Gasteiger partial charge in [0.1, 0.15) is 18.4 Å².